The highest BCUT2D eigenvalue weighted by molar-refractivity contribution is 5.90. The number of aromatic nitrogens is 2. The number of carbonyl (C=O) groups excluding carboxylic acids is 1. The standard InChI is InChI=1S/C17H14F2N2O/c1-10-13-5-6-21(17(13)20-11(2)14(10)9-22)8-12-3-4-15(18)16(19)7-12/h3-7,9H,8H2,1-2H3. The number of rotatable bonds is 3. The van der Waals surface area contributed by atoms with Crippen LogP contribution in [0.4, 0.5) is 8.78 Å². The number of hydrogen-bond acceptors (Lipinski definition) is 2. The SMILES string of the molecule is Cc1nc2c(ccn2Cc2ccc(F)c(F)c2)c(C)c1C=O. The molecular formula is C17H14F2N2O. The first-order chi connectivity index (χ1) is 10.5. The Kier molecular flexibility index (Phi) is 3.48. The summed E-state index contributed by atoms with van der Waals surface area (Å²) >= 11 is 0. The summed E-state index contributed by atoms with van der Waals surface area (Å²) in [5, 5.41) is 0.885. The van der Waals surface area contributed by atoms with Crippen LogP contribution in [0.2, 0.25) is 0 Å². The zero-order chi connectivity index (χ0) is 15.9. The number of nitrogens with zero attached hydrogens (tertiary/aromatic N) is 2. The summed E-state index contributed by atoms with van der Waals surface area (Å²) in [4.78, 5) is 15.6. The van der Waals surface area contributed by atoms with E-state index in [1.807, 2.05) is 23.8 Å². The van der Waals surface area contributed by atoms with Crippen molar-refractivity contribution in [1.29, 1.82) is 0 Å². The third-order valence-electron chi connectivity index (χ3n) is 3.86. The molecule has 0 aliphatic carbocycles. The second kappa shape index (κ2) is 5.33. The Morgan fingerprint density at radius 1 is 1.18 bits per heavy atom. The van der Waals surface area contributed by atoms with Gasteiger partial charge in [0.25, 0.3) is 0 Å². The lowest BCUT2D eigenvalue weighted by molar-refractivity contribution is 0.112. The number of hydrogen-bond donors (Lipinski definition) is 0. The molecule has 5 heteroatoms. The number of carbonyl (C=O) groups is 1. The van der Waals surface area contributed by atoms with E-state index in [9.17, 15) is 13.6 Å². The molecule has 0 atom stereocenters. The van der Waals surface area contributed by atoms with Crippen LogP contribution in [-0.2, 0) is 6.54 Å². The van der Waals surface area contributed by atoms with Gasteiger partial charge in [-0.3, -0.25) is 4.79 Å². The average molecular weight is 300 g/mol. The van der Waals surface area contributed by atoms with Crippen molar-refractivity contribution in [1.82, 2.24) is 9.55 Å². The summed E-state index contributed by atoms with van der Waals surface area (Å²) in [7, 11) is 0. The summed E-state index contributed by atoms with van der Waals surface area (Å²) in [6, 6.07) is 5.72. The van der Waals surface area contributed by atoms with Crippen LogP contribution >= 0.6 is 0 Å². The molecule has 0 aliphatic rings. The van der Waals surface area contributed by atoms with Crippen LogP contribution in [0.3, 0.4) is 0 Å². The maximum absolute atomic E-state index is 13.3. The molecule has 22 heavy (non-hydrogen) atoms. The number of benzene rings is 1. The molecule has 0 saturated carbocycles. The molecule has 1 aromatic carbocycles. The minimum atomic E-state index is -0.863. The van der Waals surface area contributed by atoms with Gasteiger partial charge in [-0.05, 0) is 43.2 Å². The molecular weight excluding hydrogens is 286 g/mol. The Hall–Kier alpha value is -2.56. The molecule has 0 saturated heterocycles. The van der Waals surface area contributed by atoms with Crippen molar-refractivity contribution in [3.63, 3.8) is 0 Å². The van der Waals surface area contributed by atoms with Crippen molar-refractivity contribution in [3.05, 3.63) is 64.5 Å². The van der Waals surface area contributed by atoms with E-state index >= 15 is 0 Å². The Bertz CT molecular complexity index is 884. The maximum atomic E-state index is 13.3. The van der Waals surface area contributed by atoms with E-state index < -0.39 is 11.6 Å². The van der Waals surface area contributed by atoms with E-state index in [1.165, 1.54) is 6.07 Å². The van der Waals surface area contributed by atoms with Crippen molar-refractivity contribution in [2.45, 2.75) is 20.4 Å². The zero-order valence-electron chi connectivity index (χ0n) is 12.2. The minimum absolute atomic E-state index is 0.382. The van der Waals surface area contributed by atoms with E-state index in [0.29, 0.717) is 23.4 Å². The van der Waals surface area contributed by atoms with Crippen molar-refractivity contribution >= 4 is 17.3 Å². The largest absolute Gasteiger partial charge is 0.328 e. The predicted molar refractivity (Wildman–Crippen MR) is 80.1 cm³/mol. The predicted octanol–water partition coefficient (Wildman–Crippen LogP) is 3.79. The third-order valence-corrected chi connectivity index (χ3v) is 3.86. The van der Waals surface area contributed by atoms with Gasteiger partial charge in [0.05, 0.1) is 5.69 Å². The van der Waals surface area contributed by atoms with Gasteiger partial charge in [-0.15, -0.1) is 0 Å². The molecule has 0 spiro atoms. The molecule has 112 valence electrons. The lowest BCUT2D eigenvalue weighted by atomic mass is 10.1. The van der Waals surface area contributed by atoms with E-state index in [4.69, 9.17) is 0 Å². The summed E-state index contributed by atoms with van der Waals surface area (Å²) in [6.07, 6.45) is 2.64. The van der Waals surface area contributed by atoms with E-state index in [2.05, 4.69) is 4.98 Å². The molecule has 0 N–H and O–H groups in total. The normalized spacial score (nSPS) is 11.1. The highest BCUT2D eigenvalue weighted by atomic mass is 19.2. The molecule has 2 heterocycles. The molecule has 0 amide bonds. The second-order valence-electron chi connectivity index (χ2n) is 5.28. The monoisotopic (exact) mass is 300 g/mol. The zero-order valence-corrected chi connectivity index (χ0v) is 12.2. The van der Waals surface area contributed by atoms with E-state index in [0.717, 1.165) is 28.9 Å². The maximum Gasteiger partial charge on any atom is 0.159 e. The van der Waals surface area contributed by atoms with Crippen LogP contribution in [0.25, 0.3) is 11.0 Å². The highest BCUT2D eigenvalue weighted by Crippen LogP contribution is 2.23. The Balaban J connectivity index is 2.08. The molecule has 3 nitrogen and oxygen atoms in total. The summed E-state index contributed by atoms with van der Waals surface area (Å²) in [6.45, 7) is 4.04. The molecule has 3 rings (SSSR count). The lowest BCUT2D eigenvalue weighted by Crippen LogP contribution is -2.03. The van der Waals surface area contributed by atoms with Crippen LogP contribution < -0.4 is 0 Å². The first-order valence-electron chi connectivity index (χ1n) is 6.86. The highest BCUT2D eigenvalue weighted by Gasteiger charge is 2.12. The van der Waals surface area contributed by atoms with Gasteiger partial charge < -0.3 is 4.57 Å². The smallest absolute Gasteiger partial charge is 0.159 e. The molecule has 0 bridgehead atoms. The molecule has 0 radical (unpaired) electrons. The number of pyridine rings is 1. The van der Waals surface area contributed by atoms with Gasteiger partial charge in [0.2, 0.25) is 0 Å². The van der Waals surface area contributed by atoms with Crippen LogP contribution in [0.5, 0.6) is 0 Å². The molecule has 0 fully saturated rings. The quantitative estimate of drug-likeness (QED) is 0.690. The summed E-state index contributed by atoms with van der Waals surface area (Å²) in [5.41, 5.74) is 3.50. The van der Waals surface area contributed by atoms with Crippen molar-refractivity contribution in [2.75, 3.05) is 0 Å². The van der Waals surface area contributed by atoms with E-state index in [1.54, 1.807) is 13.0 Å². The number of aldehydes is 1. The lowest BCUT2D eigenvalue weighted by Gasteiger charge is -2.09. The molecule has 0 aliphatic heterocycles. The fourth-order valence-electron chi connectivity index (χ4n) is 2.65. The van der Waals surface area contributed by atoms with Gasteiger partial charge in [-0.1, -0.05) is 6.07 Å². The topological polar surface area (TPSA) is 34.9 Å². The van der Waals surface area contributed by atoms with Gasteiger partial charge >= 0.3 is 0 Å². The van der Waals surface area contributed by atoms with Gasteiger partial charge in [-0.2, -0.15) is 0 Å². The third kappa shape index (κ3) is 2.28. The number of halogens is 2. The van der Waals surface area contributed by atoms with Crippen LogP contribution in [0.1, 0.15) is 27.2 Å². The van der Waals surface area contributed by atoms with Crippen LogP contribution in [0.15, 0.2) is 30.5 Å². The average Bonchev–Trinajstić information content (AvgIpc) is 2.86. The first kappa shape index (κ1) is 14.4. The van der Waals surface area contributed by atoms with Crippen molar-refractivity contribution in [3.8, 4) is 0 Å². The Morgan fingerprint density at radius 2 is 1.95 bits per heavy atom. The van der Waals surface area contributed by atoms with Crippen LogP contribution in [-0.4, -0.2) is 15.8 Å². The fourth-order valence-corrected chi connectivity index (χ4v) is 2.65. The van der Waals surface area contributed by atoms with Gasteiger partial charge in [0.1, 0.15) is 5.65 Å². The molecule has 3 aromatic rings. The van der Waals surface area contributed by atoms with Gasteiger partial charge in [-0.25, -0.2) is 13.8 Å². The number of aryl methyl sites for hydroxylation is 2. The Morgan fingerprint density at radius 3 is 2.64 bits per heavy atom. The summed E-state index contributed by atoms with van der Waals surface area (Å²) < 4.78 is 28.2. The van der Waals surface area contributed by atoms with Gasteiger partial charge in [0.15, 0.2) is 17.9 Å². The van der Waals surface area contributed by atoms with Crippen molar-refractivity contribution < 1.29 is 13.6 Å². The molecule has 0 unspecified atom stereocenters. The van der Waals surface area contributed by atoms with Crippen molar-refractivity contribution in [2.24, 2.45) is 0 Å². The second-order valence-corrected chi connectivity index (χ2v) is 5.28. The minimum Gasteiger partial charge on any atom is -0.328 e. The first-order valence-corrected chi connectivity index (χ1v) is 6.86. The summed E-state index contributed by atoms with van der Waals surface area (Å²) in [5.74, 6) is -1.72. The van der Waals surface area contributed by atoms with Crippen LogP contribution in [0, 0.1) is 25.5 Å². The fraction of sp³-hybridized carbons (Fsp3) is 0.176. The van der Waals surface area contributed by atoms with Gasteiger partial charge in [0, 0.05) is 23.7 Å². The molecule has 2 aromatic heterocycles. The number of fused-ring (bicyclic) bond motifs is 1. The Labute approximate surface area is 126 Å². The van der Waals surface area contributed by atoms with E-state index in [-0.39, 0.29) is 0 Å².